The van der Waals surface area contributed by atoms with Crippen LogP contribution in [0.4, 0.5) is 17.6 Å². The van der Waals surface area contributed by atoms with Gasteiger partial charge in [-0.25, -0.2) is 4.39 Å². The van der Waals surface area contributed by atoms with Crippen LogP contribution in [0.2, 0.25) is 0 Å². The molecule has 1 atom stereocenters. The number of allylic oxidation sites excluding steroid dienone is 1. The molecule has 0 aromatic heterocycles. The Labute approximate surface area is 200 Å². The Morgan fingerprint density at radius 3 is 2.21 bits per heavy atom. The average molecular weight is 475 g/mol. The van der Waals surface area contributed by atoms with Gasteiger partial charge in [-0.05, 0) is 79.5 Å². The minimum Gasteiger partial charge on any atom is -0.426 e. The number of aryl methyl sites for hydroxylation is 1. The molecule has 184 valence electrons. The molecule has 0 saturated heterocycles. The van der Waals surface area contributed by atoms with Gasteiger partial charge in [-0.3, -0.25) is 0 Å². The lowest BCUT2D eigenvalue weighted by atomic mass is 9.72. The molecular weight excluding hydrogens is 440 g/mol. The van der Waals surface area contributed by atoms with Crippen molar-refractivity contribution in [1.82, 2.24) is 0 Å². The van der Waals surface area contributed by atoms with Crippen LogP contribution in [-0.4, -0.2) is 6.11 Å². The smallest absolute Gasteiger partial charge is 0.422 e. The van der Waals surface area contributed by atoms with Gasteiger partial charge in [-0.2, -0.15) is 13.2 Å². The fraction of sp³-hybridized carbons (Fsp3) is 0.517. The highest BCUT2D eigenvalue weighted by Crippen LogP contribution is 2.43. The number of hydrogen-bond acceptors (Lipinski definition) is 1. The second kappa shape index (κ2) is 10.5. The topological polar surface area (TPSA) is 9.23 Å². The Morgan fingerprint density at radius 1 is 0.882 bits per heavy atom. The SMILES string of the molecule is CCCc1ccc(-c2ccc(OC(F)(F)C3=CCC(C4CCC(C)CC4)CC3)c(F)c2F)cc1. The highest BCUT2D eigenvalue weighted by molar-refractivity contribution is 5.65. The first-order chi connectivity index (χ1) is 16.3. The van der Waals surface area contributed by atoms with Gasteiger partial charge < -0.3 is 4.74 Å². The van der Waals surface area contributed by atoms with Gasteiger partial charge in [0.1, 0.15) is 0 Å². The Kier molecular flexibility index (Phi) is 7.69. The molecule has 34 heavy (non-hydrogen) atoms. The van der Waals surface area contributed by atoms with Gasteiger partial charge in [-0.15, -0.1) is 0 Å². The highest BCUT2D eigenvalue weighted by atomic mass is 19.3. The van der Waals surface area contributed by atoms with Crippen molar-refractivity contribution in [2.75, 3.05) is 0 Å². The molecule has 1 fully saturated rings. The summed E-state index contributed by atoms with van der Waals surface area (Å²) in [7, 11) is 0. The molecule has 4 rings (SSSR count). The van der Waals surface area contributed by atoms with E-state index in [0.29, 0.717) is 30.2 Å². The predicted octanol–water partition coefficient (Wildman–Crippen LogP) is 9.11. The Bertz CT molecular complexity index is 1000. The van der Waals surface area contributed by atoms with Crippen molar-refractivity contribution in [3.05, 3.63) is 65.2 Å². The molecular formula is C29H34F4O. The van der Waals surface area contributed by atoms with Crippen molar-refractivity contribution in [1.29, 1.82) is 0 Å². The number of rotatable bonds is 7. The summed E-state index contributed by atoms with van der Waals surface area (Å²) in [5.74, 6) is -1.56. The zero-order valence-corrected chi connectivity index (χ0v) is 20.1. The number of hydrogen-bond donors (Lipinski definition) is 0. The zero-order valence-electron chi connectivity index (χ0n) is 20.1. The van der Waals surface area contributed by atoms with Crippen molar-refractivity contribution in [3.63, 3.8) is 0 Å². The van der Waals surface area contributed by atoms with E-state index in [4.69, 9.17) is 4.74 Å². The lowest BCUT2D eigenvalue weighted by Gasteiger charge is -2.35. The van der Waals surface area contributed by atoms with Crippen molar-refractivity contribution in [2.24, 2.45) is 17.8 Å². The van der Waals surface area contributed by atoms with E-state index in [9.17, 15) is 17.6 Å². The molecule has 1 unspecified atom stereocenters. The standard InChI is InChI=1S/C29H34F4O/c1-3-4-20-7-11-23(12-8-20)25-17-18-26(28(31)27(25)30)34-29(32,33)24-15-13-22(14-16-24)21-9-5-19(2)6-10-21/h7-8,11-12,15,17-19,21-22H,3-6,9-10,13-14,16H2,1-2H3. The summed E-state index contributed by atoms with van der Waals surface area (Å²) >= 11 is 0. The van der Waals surface area contributed by atoms with Crippen molar-refractivity contribution in [2.45, 2.75) is 77.7 Å². The first-order valence-corrected chi connectivity index (χ1v) is 12.6. The molecule has 2 aromatic rings. The van der Waals surface area contributed by atoms with Gasteiger partial charge in [0.05, 0.1) is 0 Å². The minimum absolute atomic E-state index is 0.0257. The minimum atomic E-state index is -3.66. The van der Waals surface area contributed by atoms with Gasteiger partial charge in [-0.1, -0.05) is 63.5 Å². The van der Waals surface area contributed by atoms with Crippen LogP contribution in [0.5, 0.6) is 5.75 Å². The fourth-order valence-corrected chi connectivity index (χ4v) is 5.48. The van der Waals surface area contributed by atoms with Crippen LogP contribution < -0.4 is 4.74 Å². The molecule has 1 saturated carbocycles. The van der Waals surface area contributed by atoms with E-state index >= 15 is 0 Å². The van der Waals surface area contributed by atoms with Crippen LogP contribution in [0.15, 0.2) is 48.0 Å². The molecule has 0 N–H and O–H groups in total. The predicted molar refractivity (Wildman–Crippen MR) is 128 cm³/mol. The third-order valence-corrected chi connectivity index (χ3v) is 7.64. The van der Waals surface area contributed by atoms with E-state index in [1.165, 1.54) is 31.7 Å². The number of alkyl halides is 2. The maximum Gasteiger partial charge on any atom is 0.422 e. The van der Waals surface area contributed by atoms with E-state index in [2.05, 4.69) is 13.8 Å². The summed E-state index contributed by atoms with van der Waals surface area (Å²) < 4.78 is 64.1. The van der Waals surface area contributed by atoms with Gasteiger partial charge in [0.2, 0.25) is 5.82 Å². The van der Waals surface area contributed by atoms with Crippen LogP contribution in [0.25, 0.3) is 11.1 Å². The average Bonchev–Trinajstić information content (AvgIpc) is 2.84. The molecule has 0 spiro atoms. The summed E-state index contributed by atoms with van der Waals surface area (Å²) in [5.41, 5.74) is 1.49. The molecule has 0 aliphatic heterocycles. The van der Waals surface area contributed by atoms with Crippen LogP contribution in [0.1, 0.15) is 70.8 Å². The van der Waals surface area contributed by atoms with E-state index in [1.807, 2.05) is 12.1 Å². The maximum atomic E-state index is 14.9. The van der Waals surface area contributed by atoms with Crippen molar-refractivity contribution < 1.29 is 22.3 Å². The van der Waals surface area contributed by atoms with Crippen LogP contribution in [0, 0.1) is 29.4 Å². The largest absolute Gasteiger partial charge is 0.426 e. The Hall–Kier alpha value is -2.30. The summed E-state index contributed by atoms with van der Waals surface area (Å²) in [6.07, 6.45) is 6.03. The third kappa shape index (κ3) is 5.50. The number of benzene rings is 2. The normalized spacial score (nSPS) is 23.5. The summed E-state index contributed by atoms with van der Waals surface area (Å²) in [5, 5.41) is 0. The van der Waals surface area contributed by atoms with Gasteiger partial charge >= 0.3 is 6.11 Å². The molecule has 1 nitrogen and oxygen atoms in total. The van der Waals surface area contributed by atoms with Crippen LogP contribution in [-0.2, 0) is 6.42 Å². The van der Waals surface area contributed by atoms with E-state index in [-0.39, 0.29) is 17.6 Å². The second-order valence-electron chi connectivity index (χ2n) is 10.1. The summed E-state index contributed by atoms with van der Waals surface area (Å²) in [4.78, 5) is 0. The Morgan fingerprint density at radius 2 is 1.59 bits per heavy atom. The lowest BCUT2D eigenvalue weighted by Crippen LogP contribution is -2.31. The fourth-order valence-electron chi connectivity index (χ4n) is 5.48. The number of halogens is 4. The van der Waals surface area contributed by atoms with Crippen LogP contribution >= 0.6 is 0 Å². The molecule has 2 aromatic carbocycles. The van der Waals surface area contributed by atoms with Crippen molar-refractivity contribution >= 4 is 0 Å². The van der Waals surface area contributed by atoms with Crippen molar-refractivity contribution in [3.8, 4) is 16.9 Å². The Balaban J connectivity index is 1.45. The molecule has 0 amide bonds. The lowest BCUT2D eigenvalue weighted by molar-refractivity contribution is -0.147. The number of ether oxygens (including phenoxy) is 1. The molecule has 5 heteroatoms. The zero-order chi connectivity index (χ0) is 24.3. The maximum absolute atomic E-state index is 14.9. The van der Waals surface area contributed by atoms with E-state index < -0.39 is 23.5 Å². The monoisotopic (exact) mass is 474 g/mol. The van der Waals surface area contributed by atoms with Gasteiger partial charge in [0.25, 0.3) is 0 Å². The van der Waals surface area contributed by atoms with E-state index in [0.717, 1.165) is 30.4 Å². The second-order valence-corrected chi connectivity index (χ2v) is 10.1. The van der Waals surface area contributed by atoms with Crippen LogP contribution in [0.3, 0.4) is 0 Å². The first kappa shape index (κ1) is 24.8. The molecule has 0 bridgehead atoms. The quantitative estimate of drug-likeness (QED) is 0.287. The molecule has 2 aliphatic rings. The third-order valence-electron chi connectivity index (χ3n) is 7.64. The first-order valence-electron chi connectivity index (χ1n) is 12.6. The summed E-state index contributed by atoms with van der Waals surface area (Å²) in [6.45, 7) is 4.33. The molecule has 0 heterocycles. The summed E-state index contributed by atoms with van der Waals surface area (Å²) in [6, 6.07) is 9.56. The van der Waals surface area contributed by atoms with E-state index in [1.54, 1.807) is 18.2 Å². The highest BCUT2D eigenvalue weighted by Gasteiger charge is 2.40. The molecule has 0 radical (unpaired) electrons. The van der Waals surface area contributed by atoms with Gasteiger partial charge in [0.15, 0.2) is 11.6 Å². The van der Waals surface area contributed by atoms with Gasteiger partial charge in [0, 0.05) is 11.1 Å². The molecule has 2 aliphatic carbocycles.